The van der Waals surface area contributed by atoms with Crippen molar-refractivity contribution in [3.05, 3.63) is 23.8 Å². The molecule has 1 rings (SSSR count). The van der Waals surface area contributed by atoms with Gasteiger partial charge in [0.15, 0.2) is 0 Å². The lowest BCUT2D eigenvalue weighted by Crippen LogP contribution is -2.22. The SMILES string of the molecule is CC(=O)Nc1cc(NC(C)=O)cc(C(=O)N(C)C)c1. The molecule has 1 aromatic rings. The molecule has 0 atom stereocenters. The summed E-state index contributed by atoms with van der Waals surface area (Å²) in [6, 6.07) is 4.72. The molecule has 0 saturated carbocycles. The number of nitrogens with one attached hydrogen (secondary N) is 2. The maximum atomic E-state index is 11.9. The van der Waals surface area contributed by atoms with Crippen molar-refractivity contribution < 1.29 is 14.4 Å². The van der Waals surface area contributed by atoms with Crippen LogP contribution < -0.4 is 10.6 Å². The van der Waals surface area contributed by atoms with Crippen molar-refractivity contribution in [1.29, 1.82) is 0 Å². The van der Waals surface area contributed by atoms with Crippen molar-refractivity contribution in [2.45, 2.75) is 13.8 Å². The molecule has 1 aromatic carbocycles. The van der Waals surface area contributed by atoms with Crippen molar-refractivity contribution >= 4 is 29.1 Å². The summed E-state index contributed by atoms with van der Waals surface area (Å²) in [5, 5.41) is 5.18. The molecule has 0 aliphatic carbocycles. The number of hydrogen-bond donors (Lipinski definition) is 2. The number of anilines is 2. The summed E-state index contributed by atoms with van der Waals surface area (Å²) in [6.07, 6.45) is 0. The van der Waals surface area contributed by atoms with E-state index in [4.69, 9.17) is 0 Å². The van der Waals surface area contributed by atoms with Crippen LogP contribution in [0.4, 0.5) is 11.4 Å². The molecule has 0 saturated heterocycles. The average molecular weight is 263 g/mol. The number of hydrogen-bond acceptors (Lipinski definition) is 3. The number of carbonyl (C=O) groups excluding carboxylic acids is 3. The molecule has 0 spiro atoms. The van der Waals surface area contributed by atoms with Crippen LogP contribution in [-0.2, 0) is 9.59 Å². The first kappa shape index (κ1) is 14.7. The second-order valence-corrected chi connectivity index (χ2v) is 4.36. The van der Waals surface area contributed by atoms with E-state index in [1.54, 1.807) is 32.3 Å². The van der Waals surface area contributed by atoms with Crippen molar-refractivity contribution in [1.82, 2.24) is 4.90 Å². The third-order valence-corrected chi connectivity index (χ3v) is 2.23. The third-order valence-electron chi connectivity index (χ3n) is 2.23. The monoisotopic (exact) mass is 263 g/mol. The Morgan fingerprint density at radius 3 is 1.63 bits per heavy atom. The lowest BCUT2D eigenvalue weighted by molar-refractivity contribution is -0.115. The van der Waals surface area contributed by atoms with Crippen molar-refractivity contribution in [2.24, 2.45) is 0 Å². The van der Waals surface area contributed by atoms with E-state index >= 15 is 0 Å². The van der Waals surface area contributed by atoms with Gasteiger partial charge in [-0.15, -0.1) is 0 Å². The van der Waals surface area contributed by atoms with Crippen LogP contribution in [0.25, 0.3) is 0 Å². The normalized spacial score (nSPS) is 9.68. The predicted molar refractivity (Wildman–Crippen MR) is 73.1 cm³/mol. The molecule has 0 radical (unpaired) electrons. The zero-order chi connectivity index (χ0) is 14.6. The molecule has 19 heavy (non-hydrogen) atoms. The summed E-state index contributed by atoms with van der Waals surface area (Å²) in [5.74, 6) is -0.703. The van der Waals surface area contributed by atoms with Crippen LogP contribution in [0.15, 0.2) is 18.2 Å². The summed E-state index contributed by atoms with van der Waals surface area (Å²) in [6.45, 7) is 2.75. The summed E-state index contributed by atoms with van der Waals surface area (Å²) < 4.78 is 0. The molecule has 0 aliphatic rings. The Labute approximate surface area is 111 Å². The van der Waals surface area contributed by atoms with E-state index in [2.05, 4.69) is 10.6 Å². The van der Waals surface area contributed by atoms with Crippen LogP contribution in [0.5, 0.6) is 0 Å². The third kappa shape index (κ3) is 4.42. The van der Waals surface area contributed by atoms with Crippen LogP contribution in [0, 0.1) is 0 Å². The van der Waals surface area contributed by atoms with E-state index in [-0.39, 0.29) is 17.7 Å². The Kier molecular flexibility index (Phi) is 4.63. The summed E-state index contributed by atoms with van der Waals surface area (Å²) >= 11 is 0. The van der Waals surface area contributed by atoms with E-state index in [1.807, 2.05) is 0 Å². The van der Waals surface area contributed by atoms with Gasteiger partial charge in [-0.1, -0.05) is 0 Å². The minimum absolute atomic E-state index is 0.209. The highest BCUT2D eigenvalue weighted by atomic mass is 16.2. The van der Waals surface area contributed by atoms with Crippen LogP contribution in [0.3, 0.4) is 0 Å². The lowest BCUT2D eigenvalue weighted by atomic mass is 10.1. The lowest BCUT2D eigenvalue weighted by Gasteiger charge is -2.13. The van der Waals surface area contributed by atoms with Gasteiger partial charge in [-0.25, -0.2) is 0 Å². The summed E-state index contributed by atoms with van der Waals surface area (Å²) in [5.41, 5.74) is 1.31. The number of nitrogens with zero attached hydrogens (tertiary/aromatic N) is 1. The molecule has 0 fully saturated rings. The second-order valence-electron chi connectivity index (χ2n) is 4.36. The molecule has 0 aromatic heterocycles. The highest BCUT2D eigenvalue weighted by molar-refractivity contribution is 5.99. The molecule has 102 valence electrons. The smallest absolute Gasteiger partial charge is 0.253 e. The van der Waals surface area contributed by atoms with E-state index in [9.17, 15) is 14.4 Å². The van der Waals surface area contributed by atoms with Crippen LogP contribution >= 0.6 is 0 Å². The first-order chi connectivity index (χ1) is 8.79. The molecule has 0 unspecified atom stereocenters. The van der Waals surface area contributed by atoms with E-state index in [0.717, 1.165) is 0 Å². The molecule has 0 aliphatic heterocycles. The van der Waals surface area contributed by atoms with Gasteiger partial charge in [-0.2, -0.15) is 0 Å². The van der Waals surface area contributed by atoms with Crippen LogP contribution in [0.1, 0.15) is 24.2 Å². The largest absolute Gasteiger partial charge is 0.345 e. The van der Waals surface area contributed by atoms with Gasteiger partial charge in [0.2, 0.25) is 11.8 Å². The Morgan fingerprint density at radius 2 is 1.32 bits per heavy atom. The first-order valence-corrected chi connectivity index (χ1v) is 5.71. The van der Waals surface area contributed by atoms with Crippen molar-refractivity contribution in [3.63, 3.8) is 0 Å². The average Bonchev–Trinajstić information content (AvgIpc) is 2.25. The highest BCUT2D eigenvalue weighted by Crippen LogP contribution is 2.20. The number of benzene rings is 1. The van der Waals surface area contributed by atoms with Gasteiger partial charge in [0, 0.05) is 44.9 Å². The Morgan fingerprint density at radius 1 is 0.895 bits per heavy atom. The van der Waals surface area contributed by atoms with Gasteiger partial charge < -0.3 is 15.5 Å². The van der Waals surface area contributed by atoms with Gasteiger partial charge in [-0.05, 0) is 18.2 Å². The standard InChI is InChI=1S/C13H17N3O3/c1-8(17)14-11-5-10(13(19)16(3)4)6-12(7-11)15-9(2)18/h5-7H,1-4H3,(H,14,17)(H,15,18). The number of carbonyl (C=O) groups is 3. The van der Waals surface area contributed by atoms with E-state index in [1.165, 1.54) is 18.7 Å². The first-order valence-electron chi connectivity index (χ1n) is 5.71. The van der Waals surface area contributed by atoms with Gasteiger partial charge >= 0.3 is 0 Å². The van der Waals surface area contributed by atoms with Crippen molar-refractivity contribution in [3.8, 4) is 0 Å². The maximum Gasteiger partial charge on any atom is 0.253 e. The van der Waals surface area contributed by atoms with Gasteiger partial charge in [0.1, 0.15) is 0 Å². The maximum absolute atomic E-state index is 11.9. The topological polar surface area (TPSA) is 78.5 Å². The van der Waals surface area contributed by atoms with E-state index < -0.39 is 0 Å². The van der Waals surface area contributed by atoms with Crippen LogP contribution in [-0.4, -0.2) is 36.7 Å². The van der Waals surface area contributed by atoms with Gasteiger partial charge in [0.05, 0.1) is 0 Å². The van der Waals surface area contributed by atoms with Gasteiger partial charge in [-0.3, -0.25) is 14.4 Å². The quantitative estimate of drug-likeness (QED) is 0.863. The predicted octanol–water partition coefficient (Wildman–Crippen LogP) is 1.31. The Hall–Kier alpha value is -2.37. The molecular formula is C13H17N3O3. The zero-order valence-electron chi connectivity index (χ0n) is 11.4. The zero-order valence-corrected chi connectivity index (χ0v) is 11.4. The fourth-order valence-corrected chi connectivity index (χ4v) is 1.56. The molecule has 6 nitrogen and oxygen atoms in total. The molecule has 6 heteroatoms. The molecular weight excluding hydrogens is 246 g/mol. The Bertz CT molecular complexity index is 490. The fourth-order valence-electron chi connectivity index (χ4n) is 1.56. The van der Waals surface area contributed by atoms with Crippen LogP contribution in [0.2, 0.25) is 0 Å². The molecule has 0 heterocycles. The minimum Gasteiger partial charge on any atom is -0.345 e. The fraction of sp³-hybridized carbons (Fsp3) is 0.308. The summed E-state index contributed by atoms with van der Waals surface area (Å²) in [4.78, 5) is 35.5. The number of rotatable bonds is 3. The number of amides is 3. The summed E-state index contributed by atoms with van der Waals surface area (Å²) in [7, 11) is 3.26. The van der Waals surface area contributed by atoms with E-state index in [0.29, 0.717) is 16.9 Å². The van der Waals surface area contributed by atoms with Gasteiger partial charge in [0.25, 0.3) is 5.91 Å². The second kappa shape index (κ2) is 5.99. The highest BCUT2D eigenvalue weighted by Gasteiger charge is 2.11. The molecule has 2 N–H and O–H groups in total. The minimum atomic E-state index is -0.247. The van der Waals surface area contributed by atoms with Crippen molar-refractivity contribution in [2.75, 3.05) is 24.7 Å². The Balaban J connectivity index is 3.19. The molecule has 0 bridgehead atoms. The molecule has 3 amide bonds.